The van der Waals surface area contributed by atoms with Crippen molar-refractivity contribution in [1.82, 2.24) is 5.32 Å². The second-order valence-corrected chi connectivity index (χ2v) is 7.64. The number of hydrogen-bond donors (Lipinski definition) is 1. The maximum atomic E-state index is 12.1. The van der Waals surface area contributed by atoms with Gasteiger partial charge in [0.15, 0.2) is 6.61 Å². The van der Waals surface area contributed by atoms with Gasteiger partial charge < -0.3 is 10.1 Å². The fourth-order valence-electron chi connectivity index (χ4n) is 2.84. The molecule has 0 unspecified atom stereocenters. The van der Waals surface area contributed by atoms with E-state index < -0.39 is 5.97 Å². The average Bonchev–Trinajstić information content (AvgIpc) is 3.05. The zero-order valence-electron chi connectivity index (χ0n) is 13.8. The van der Waals surface area contributed by atoms with E-state index in [0.717, 1.165) is 18.4 Å². The maximum absolute atomic E-state index is 12.1. The second-order valence-electron chi connectivity index (χ2n) is 6.07. The summed E-state index contributed by atoms with van der Waals surface area (Å²) in [6.07, 6.45) is 5.13. The van der Waals surface area contributed by atoms with Crippen LogP contribution in [-0.2, 0) is 28.8 Å². The molecular formula is C19H20ClNO3S. The van der Waals surface area contributed by atoms with E-state index in [1.165, 1.54) is 34.6 Å². The first-order valence-electron chi connectivity index (χ1n) is 8.41. The number of carbonyl (C=O) groups is 2. The molecule has 25 heavy (non-hydrogen) atoms. The van der Waals surface area contributed by atoms with Gasteiger partial charge in [-0.05, 0) is 61.4 Å². The van der Waals surface area contributed by atoms with Crippen LogP contribution < -0.4 is 5.32 Å². The molecule has 0 atom stereocenters. The van der Waals surface area contributed by atoms with Crippen LogP contribution in [0, 0.1) is 0 Å². The van der Waals surface area contributed by atoms with Crippen molar-refractivity contribution in [2.75, 3.05) is 13.2 Å². The Labute approximate surface area is 156 Å². The Morgan fingerprint density at radius 3 is 2.68 bits per heavy atom. The third kappa shape index (κ3) is 5.06. The van der Waals surface area contributed by atoms with Crippen molar-refractivity contribution in [1.29, 1.82) is 0 Å². The SMILES string of the molecule is O=C(COC(=O)c1cc2c(s1)CCCC2)NCCc1ccc(Cl)cc1. The Hall–Kier alpha value is -1.85. The van der Waals surface area contributed by atoms with Gasteiger partial charge in [-0.1, -0.05) is 23.7 Å². The van der Waals surface area contributed by atoms with Crippen molar-refractivity contribution in [3.8, 4) is 0 Å². The lowest BCUT2D eigenvalue weighted by Crippen LogP contribution is -2.30. The Morgan fingerprint density at radius 1 is 1.16 bits per heavy atom. The molecule has 3 rings (SSSR count). The zero-order chi connectivity index (χ0) is 17.6. The van der Waals surface area contributed by atoms with E-state index in [0.29, 0.717) is 22.9 Å². The van der Waals surface area contributed by atoms with Crippen LogP contribution in [0.25, 0.3) is 0 Å². The van der Waals surface area contributed by atoms with Gasteiger partial charge in [0.2, 0.25) is 0 Å². The predicted octanol–water partition coefficient (Wildman–Crippen LogP) is 3.80. The van der Waals surface area contributed by atoms with Crippen LogP contribution in [0.15, 0.2) is 30.3 Å². The van der Waals surface area contributed by atoms with Gasteiger partial charge in [0.25, 0.3) is 5.91 Å². The number of hydrogen-bond acceptors (Lipinski definition) is 4. The second kappa shape index (κ2) is 8.50. The standard InChI is InChI=1S/C19H20ClNO3S/c20-15-7-5-13(6-8-15)9-10-21-18(22)12-24-19(23)17-11-14-3-1-2-4-16(14)25-17/h5-8,11H,1-4,9-10,12H2,(H,21,22). The largest absolute Gasteiger partial charge is 0.451 e. The van der Waals surface area contributed by atoms with Gasteiger partial charge in [0, 0.05) is 16.4 Å². The lowest BCUT2D eigenvalue weighted by atomic mass is 9.99. The van der Waals surface area contributed by atoms with Crippen molar-refractivity contribution in [2.24, 2.45) is 0 Å². The number of esters is 1. The van der Waals surface area contributed by atoms with E-state index in [1.54, 1.807) is 0 Å². The molecule has 0 saturated carbocycles. The molecule has 0 saturated heterocycles. The Bertz CT molecular complexity index is 731. The number of benzene rings is 1. The average molecular weight is 378 g/mol. The van der Waals surface area contributed by atoms with E-state index >= 15 is 0 Å². The van der Waals surface area contributed by atoms with Crippen molar-refractivity contribution >= 4 is 34.8 Å². The van der Waals surface area contributed by atoms with Crippen molar-refractivity contribution in [2.45, 2.75) is 32.1 Å². The third-order valence-electron chi connectivity index (χ3n) is 4.18. The first-order chi connectivity index (χ1) is 12.1. The van der Waals surface area contributed by atoms with Crippen LogP contribution in [0.5, 0.6) is 0 Å². The summed E-state index contributed by atoms with van der Waals surface area (Å²) in [5.41, 5.74) is 2.35. The molecule has 1 aliphatic rings. The molecular weight excluding hydrogens is 358 g/mol. The van der Waals surface area contributed by atoms with E-state index in [2.05, 4.69) is 5.32 Å². The van der Waals surface area contributed by atoms with E-state index in [-0.39, 0.29) is 12.5 Å². The highest BCUT2D eigenvalue weighted by Gasteiger charge is 2.18. The smallest absolute Gasteiger partial charge is 0.348 e. The van der Waals surface area contributed by atoms with Gasteiger partial charge in [0.05, 0.1) is 0 Å². The molecule has 0 aliphatic heterocycles. The van der Waals surface area contributed by atoms with Crippen molar-refractivity contribution in [3.05, 3.63) is 56.2 Å². The number of fused-ring (bicyclic) bond motifs is 1. The summed E-state index contributed by atoms with van der Waals surface area (Å²) in [6, 6.07) is 9.41. The number of amides is 1. The fraction of sp³-hybridized carbons (Fsp3) is 0.368. The Balaban J connectivity index is 1.40. The van der Waals surface area contributed by atoms with E-state index in [9.17, 15) is 9.59 Å². The van der Waals surface area contributed by atoms with E-state index in [4.69, 9.17) is 16.3 Å². The first kappa shape index (κ1) is 18.0. The summed E-state index contributed by atoms with van der Waals surface area (Å²) >= 11 is 7.33. The fourth-order valence-corrected chi connectivity index (χ4v) is 4.12. The molecule has 4 nitrogen and oxygen atoms in total. The molecule has 132 valence electrons. The van der Waals surface area contributed by atoms with Crippen molar-refractivity contribution in [3.63, 3.8) is 0 Å². The van der Waals surface area contributed by atoms with Crippen LogP contribution in [0.3, 0.4) is 0 Å². The number of aryl methyl sites for hydroxylation is 2. The van der Waals surface area contributed by atoms with Gasteiger partial charge in [0.1, 0.15) is 4.88 Å². The van der Waals surface area contributed by atoms with Gasteiger partial charge in [-0.3, -0.25) is 4.79 Å². The minimum Gasteiger partial charge on any atom is -0.451 e. The quantitative estimate of drug-likeness (QED) is 0.779. The Kier molecular flexibility index (Phi) is 6.10. The monoisotopic (exact) mass is 377 g/mol. The molecule has 2 aromatic rings. The number of thiophene rings is 1. The van der Waals surface area contributed by atoms with Crippen LogP contribution >= 0.6 is 22.9 Å². The lowest BCUT2D eigenvalue weighted by Gasteiger charge is -2.08. The van der Waals surface area contributed by atoms with E-state index in [1.807, 2.05) is 30.3 Å². The number of halogens is 1. The minimum absolute atomic E-state index is 0.248. The predicted molar refractivity (Wildman–Crippen MR) is 99.4 cm³/mol. The van der Waals surface area contributed by atoms with Gasteiger partial charge in [-0.2, -0.15) is 0 Å². The molecule has 1 amide bonds. The zero-order valence-corrected chi connectivity index (χ0v) is 15.4. The summed E-state index contributed by atoms with van der Waals surface area (Å²) < 4.78 is 5.13. The van der Waals surface area contributed by atoms with Crippen LogP contribution in [0.4, 0.5) is 0 Å². The number of nitrogens with one attached hydrogen (secondary N) is 1. The summed E-state index contributed by atoms with van der Waals surface area (Å²) in [5.74, 6) is -0.698. The lowest BCUT2D eigenvalue weighted by molar-refractivity contribution is -0.124. The normalized spacial score (nSPS) is 13.2. The van der Waals surface area contributed by atoms with Crippen LogP contribution in [-0.4, -0.2) is 25.0 Å². The molecule has 6 heteroatoms. The number of carbonyl (C=O) groups excluding carboxylic acids is 2. The topological polar surface area (TPSA) is 55.4 Å². The molecule has 0 radical (unpaired) electrons. The molecule has 1 aromatic heterocycles. The molecule has 0 spiro atoms. The van der Waals surface area contributed by atoms with Crippen LogP contribution in [0.1, 0.15) is 38.5 Å². The summed E-state index contributed by atoms with van der Waals surface area (Å²) in [7, 11) is 0. The first-order valence-corrected chi connectivity index (χ1v) is 9.61. The summed E-state index contributed by atoms with van der Waals surface area (Å²) in [6.45, 7) is 0.243. The molecule has 1 aliphatic carbocycles. The summed E-state index contributed by atoms with van der Waals surface area (Å²) in [4.78, 5) is 25.8. The van der Waals surface area contributed by atoms with Crippen LogP contribution in [0.2, 0.25) is 5.02 Å². The molecule has 1 heterocycles. The molecule has 1 aromatic carbocycles. The molecule has 0 fully saturated rings. The highest BCUT2D eigenvalue weighted by Crippen LogP contribution is 2.29. The minimum atomic E-state index is -0.410. The number of ether oxygens (including phenoxy) is 1. The maximum Gasteiger partial charge on any atom is 0.348 e. The van der Waals surface area contributed by atoms with Gasteiger partial charge >= 0.3 is 5.97 Å². The van der Waals surface area contributed by atoms with Crippen molar-refractivity contribution < 1.29 is 14.3 Å². The Morgan fingerprint density at radius 2 is 1.92 bits per heavy atom. The molecule has 0 bridgehead atoms. The van der Waals surface area contributed by atoms with Gasteiger partial charge in [-0.15, -0.1) is 11.3 Å². The molecule has 1 N–H and O–H groups in total. The highest BCUT2D eigenvalue weighted by molar-refractivity contribution is 7.14. The summed E-state index contributed by atoms with van der Waals surface area (Å²) in [5, 5.41) is 3.45. The highest BCUT2D eigenvalue weighted by atomic mass is 35.5. The number of rotatable bonds is 6. The van der Waals surface area contributed by atoms with Gasteiger partial charge in [-0.25, -0.2) is 4.79 Å². The third-order valence-corrected chi connectivity index (χ3v) is 5.65.